The van der Waals surface area contributed by atoms with E-state index in [1.165, 1.54) is 40.7 Å². The highest BCUT2D eigenvalue weighted by Gasteiger charge is 2.33. The minimum Gasteiger partial charge on any atom is -0.324 e. The molecule has 9 nitrogen and oxygen atoms in total. The average Bonchev–Trinajstić information content (AvgIpc) is 2.75. The minimum absolute atomic E-state index is 0.0495. The molecule has 0 aromatic heterocycles. The second kappa shape index (κ2) is 9.49. The van der Waals surface area contributed by atoms with Crippen LogP contribution in [0.2, 0.25) is 10.0 Å². The lowest BCUT2D eigenvalue weighted by Gasteiger charge is -2.36. The normalized spacial score (nSPS) is 16.6. The molecule has 0 aliphatic carbocycles. The molecule has 0 spiro atoms. The summed E-state index contributed by atoms with van der Waals surface area (Å²) in [4.78, 5) is 24.7. The van der Waals surface area contributed by atoms with Gasteiger partial charge in [-0.1, -0.05) is 29.3 Å². The average molecular weight is 487 g/mol. The topological polar surface area (TPSA) is 113 Å². The van der Waals surface area contributed by atoms with E-state index < -0.39 is 21.0 Å². The first-order valence-corrected chi connectivity index (χ1v) is 11.5. The van der Waals surface area contributed by atoms with Crippen molar-refractivity contribution in [2.75, 3.05) is 31.5 Å². The first-order valence-electron chi connectivity index (χ1n) is 9.34. The van der Waals surface area contributed by atoms with E-state index in [1.54, 1.807) is 13.0 Å². The summed E-state index contributed by atoms with van der Waals surface area (Å²) in [5.41, 5.74) is 0.201. The maximum Gasteiger partial charge on any atom is 0.271 e. The standard InChI is InChI=1S/C19H20Cl2N4O5S/c1-13(19(26)22-15-3-2-4-16(12-15)25(27)28)23-7-9-24(10-8-23)31(29,30)18-11-14(20)5-6-17(18)21/h2-6,11-13H,7-10H2,1H3,(H,22,26)/t13-/m0/s1. The Morgan fingerprint density at radius 3 is 2.45 bits per heavy atom. The van der Waals surface area contributed by atoms with E-state index in [1.807, 2.05) is 4.90 Å². The predicted octanol–water partition coefficient (Wildman–Crippen LogP) is 3.24. The zero-order valence-electron chi connectivity index (χ0n) is 16.5. The number of nitro groups is 1. The lowest BCUT2D eigenvalue weighted by atomic mass is 10.2. The molecule has 1 heterocycles. The maximum absolute atomic E-state index is 12.9. The number of rotatable bonds is 6. The van der Waals surface area contributed by atoms with Gasteiger partial charge in [0.15, 0.2) is 0 Å². The molecule has 1 aliphatic rings. The van der Waals surface area contributed by atoms with Crippen LogP contribution in [0.4, 0.5) is 11.4 Å². The van der Waals surface area contributed by atoms with Crippen LogP contribution in [0.3, 0.4) is 0 Å². The summed E-state index contributed by atoms with van der Waals surface area (Å²) in [5.74, 6) is -0.338. The van der Waals surface area contributed by atoms with E-state index >= 15 is 0 Å². The van der Waals surface area contributed by atoms with Gasteiger partial charge in [0.2, 0.25) is 15.9 Å². The molecular formula is C19H20Cl2N4O5S. The maximum atomic E-state index is 12.9. The Morgan fingerprint density at radius 2 is 1.81 bits per heavy atom. The number of carbonyl (C=O) groups is 1. The highest BCUT2D eigenvalue weighted by atomic mass is 35.5. The van der Waals surface area contributed by atoms with Gasteiger partial charge in [0.25, 0.3) is 5.69 Å². The number of hydrogen-bond donors (Lipinski definition) is 1. The summed E-state index contributed by atoms with van der Waals surface area (Å²) >= 11 is 12.0. The SMILES string of the molecule is C[C@@H](C(=O)Nc1cccc([N+](=O)[O-])c1)N1CCN(S(=O)(=O)c2cc(Cl)ccc2Cl)CC1. The van der Waals surface area contributed by atoms with Crippen LogP contribution in [-0.2, 0) is 14.8 Å². The van der Waals surface area contributed by atoms with E-state index in [0.717, 1.165) is 0 Å². The van der Waals surface area contributed by atoms with Crippen LogP contribution in [0.25, 0.3) is 0 Å². The summed E-state index contributed by atoms with van der Waals surface area (Å²) in [6, 6.07) is 9.39. The lowest BCUT2D eigenvalue weighted by molar-refractivity contribution is -0.384. The number of nitrogens with zero attached hydrogens (tertiary/aromatic N) is 3. The Labute approximate surface area is 189 Å². The quantitative estimate of drug-likeness (QED) is 0.495. The number of hydrogen-bond acceptors (Lipinski definition) is 6. The van der Waals surface area contributed by atoms with Gasteiger partial charge in [0, 0.05) is 49.0 Å². The Kier molecular flexibility index (Phi) is 7.17. The van der Waals surface area contributed by atoms with Gasteiger partial charge in [-0.25, -0.2) is 8.42 Å². The number of anilines is 1. The number of amides is 1. The third-order valence-electron chi connectivity index (χ3n) is 5.04. The predicted molar refractivity (Wildman–Crippen MR) is 118 cm³/mol. The molecule has 1 atom stereocenters. The number of nitro benzene ring substituents is 1. The number of halogens is 2. The van der Waals surface area contributed by atoms with Gasteiger partial charge in [0.05, 0.1) is 16.0 Å². The summed E-state index contributed by atoms with van der Waals surface area (Å²) in [5, 5.41) is 13.9. The van der Waals surface area contributed by atoms with Crippen molar-refractivity contribution in [1.82, 2.24) is 9.21 Å². The van der Waals surface area contributed by atoms with Gasteiger partial charge in [-0.3, -0.25) is 19.8 Å². The van der Waals surface area contributed by atoms with E-state index in [4.69, 9.17) is 23.2 Å². The fourth-order valence-corrected chi connectivity index (χ4v) is 5.41. The van der Waals surface area contributed by atoms with Gasteiger partial charge in [0.1, 0.15) is 4.90 Å². The van der Waals surface area contributed by atoms with Crippen LogP contribution in [-0.4, -0.2) is 60.7 Å². The third-order valence-corrected chi connectivity index (χ3v) is 7.65. The molecule has 1 amide bonds. The molecular weight excluding hydrogens is 467 g/mol. The fraction of sp³-hybridized carbons (Fsp3) is 0.316. The van der Waals surface area contributed by atoms with Crippen LogP contribution in [0.15, 0.2) is 47.4 Å². The molecule has 2 aromatic carbocycles. The van der Waals surface area contributed by atoms with Crippen molar-refractivity contribution in [2.45, 2.75) is 17.9 Å². The van der Waals surface area contributed by atoms with E-state index in [2.05, 4.69) is 5.32 Å². The van der Waals surface area contributed by atoms with Crippen molar-refractivity contribution in [3.8, 4) is 0 Å². The first kappa shape index (κ1) is 23.4. The number of sulfonamides is 1. The molecule has 31 heavy (non-hydrogen) atoms. The summed E-state index contributed by atoms with van der Waals surface area (Å²) in [6.07, 6.45) is 0. The lowest BCUT2D eigenvalue weighted by Crippen LogP contribution is -2.53. The zero-order chi connectivity index (χ0) is 22.8. The molecule has 1 aliphatic heterocycles. The van der Waals surface area contributed by atoms with E-state index in [0.29, 0.717) is 18.8 Å². The van der Waals surface area contributed by atoms with Gasteiger partial charge in [-0.05, 0) is 31.2 Å². The molecule has 3 rings (SSSR count). The van der Waals surface area contributed by atoms with Crippen molar-refractivity contribution in [2.24, 2.45) is 0 Å². The molecule has 1 fully saturated rings. The summed E-state index contributed by atoms with van der Waals surface area (Å²) in [7, 11) is -3.82. The van der Waals surface area contributed by atoms with Crippen molar-refractivity contribution in [3.63, 3.8) is 0 Å². The minimum atomic E-state index is -3.82. The summed E-state index contributed by atoms with van der Waals surface area (Å²) < 4.78 is 27.2. The van der Waals surface area contributed by atoms with E-state index in [9.17, 15) is 23.3 Å². The summed E-state index contributed by atoms with van der Waals surface area (Å²) in [6.45, 7) is 2.73. The van der Waals surface area contributed by atoms with Crippen LogP contribution in [0.5, 0.6) is 0 Å². The second-order valence-electron chi connectivity index (χ2n) is 6.99. The fourth-order valence-electron chi connectivity index (χ4n) is 3.25. The Morgan fingerprint density at radius 1 is 1.13 bits per heavy atom. The van der Waals surface area contributed by atoms with Crippen LogP contribution in [0, 0.1) is 10.1 Å². The Balaban J connectivity index is 1.63. The van der Waals surface area contributed by atoms with Crippen LogP contribution in [0.1, 0.15) is 6.92 Å². The molecule has 0 unspecified atom stereocenters. The third kappa shape index (κ3) is 5.34. The van der Waals surface area contributed by atoms with Gasteiger partial charge >= 0.3 is 0 Å². The molecule has 0 bridgehead atoms. The zero-order valence-corrected chi connectivity index (χ0v) is 18.8. The highest BCUT2D eigenvalue weighted by Crippen LogP contribution is 2.28. The largest absolute Gasteiger partial charge is 0.324 e. The Hall–Kier alpha value is -2.24. The van der Waals surface area contributed by atoms with Crippen LogP contribution >= 0.6 is 23.2 Å². The molecule has 1 saturated heterocycles. The van der Waals surface area contributed by atoms with Crippen molar-refractivity contribution in [1.29, 1.82) is 0 Å². The molecule has 0 saturated carbocycles. The second-order valence-corrected chi connectivity index (χ2v) is 9.74. The van der Waals surface area contributed by atoms with E-state index in [-0.39, 0.29) is 39.6 Å². The number of piperazine rings is 1. The number of carbonyl (C=O) groups excluding carboxylic acids is 1. The monoisotopic (exact) mass is 486 g/mol. The smallest absolute Gasteiger partial charge is 0.271 e. The van der Waals surface area contributed by atoms with Crippen molar-refractivity contribution < 1.29 is 18.1 Å². The number of non-ortho nitro benzene ring substituents is 1. The van der Waals surface area contributed by atoms with Gasteiger partial charge in [-0.2, -0.15) is 4.31 Å². The first-order chi connectivity index (χ1) is 14.6. The Bertz CT molecular complexity index is 1100. The number of benzene rings is 2. The van der Waals surface area contributed by atoms with Gasteiger partial charge in [-0.15, -0.1) is 0 Å². The molecule has 12 heteroatoms. The van der Waals surface area contributed by atoms with Gasteiger partial charge < -0.3 is 5.32 Å². The molecule has 2 aromatic rings. The number of nitrogens with one attached hydrogen (secondary N) is 1. The van der Waals surface area contributed by atoms with Crippen molar-refractivity contribution >= 4 is 50.5 Å². The molecule has 0 radical (unpaired) electrons. The molecule has 1 N–H and O–H groups in total. The molecule has 166 valence electrons. The van der Waals surface area contributed by atoms with Crippen LogP contribution < -0.4 is 5.32 Å². The van der Waals surface area contributed by atoms with Crippen molar-refractivity contribution in [3.05, 3.63) is 62.6 Å². The highest BCUT2D eigenvalue weighted by molar-refractivity contribution is 7.89.